The molecule has 0 aliphatic carbocycles. The molecule has 2 rings (SSSR count). The van der Waals surface area contributed by atoms with Crippen molar-refractivity contribution in [1.82, 2.24) is 4.98 Å². The number of aromatic nitrogens is 1. The molecule has 1 heterocycles. The van der Waals surface area contributed by atoms with Crippen LogP contribution in [0.4, 0.5) is 0 Å². The SMILES string of the molecule is Cc1ccc2c(C)c(CO)[nH]c2c1. The van der Waals surface area contributed by atoms with Crippen molar-refractivity contribution < 1.29 is 5.11 Å². The van der Waals surface area contributed by atoms with Crippen LogP contribution >= 0.6 is 0 Å². The van der Waals surface area contributed by atoms with Crippen LogP contribution in [0.15, 0.2) is 18.2 Å². The molecule has 0 aliphatic rings. The molecule has 0 atom stereocenters. The number of fused-ring (bicyclic) bond motifs is 1. The van der Waals surface area contributed by atoms with Crippen LogP contribution in [0.3, 0.4) is 0 Å². The maximum absolute atomic E-state index is 9.06. The molecule has 13 heavy (non-hydrogen) atoms. The Labute approximate surface area is 77.2 Å². The predicted octanol–water partition coefficient (Wildman–Crippen LogP) is 2.28. The number of aliphatic hydroxyl groups excluding tert-OH is 1. The third-order valence-corrected chi connectivity index (χ3v) is 2.48. The number of aryl methyl sites for hydroxylation is 2. The van der Waals surface area contributed by atoms with Gasteiger partial charge in [0.1, 0.15) is 0 Å². The molecule has 0 unspecified atom stereocenters. The van der Waals surface area contributed by atoms with E-state index in [4.69, 9.17) is 5.11 Å². The van der Waals surface area contributed by atoms with Crippen molar-refractivity contribution in [3.8, 4) is 0 Å². The highest BCUT2D eigenvalue weighted by atomic mass is 16.3. The van der Waals surface area contributed by atoms with Crippen LogP contribution in [0.2, 0.25) is 0 Å². The van der Waals surface area contributed by atoms with Gasteiger partial charge in [0, 0.05) is 16.6 Å². The lowest BCUT2D eigenvalue weighted by atomic mass is 10.1. The van der Waals surface area contributed by atoms with E-state index in [0.717, 1.165) is 16.8 Å². The van der Waals surface area contributed by atoms with Crippen molar-refractivity contribution in [1.29, 1.82) is 0 Å². The molecule has 0 amide bonds. The Morgan fingerprint density at radius 2 is 2.08 bits per heavy atom. The van der Waals surface area contributed by atoms with Gasteiger partial charge in [0.05, 0.1) is 6.61 Å². The summed E-state index contributed by atoms with van der Waals surface area (Å²) < 4.78 is 0. The monoisotopic (exact) mass is 175 g/mol. The van der Waals surface area contributed by atoms with E-state index in [1.54, 1.807) is 0 Å². The number of rotatable bonds is 1. The van der Waals surface area contributed by atoms with E-state index in [1.165, 1.54) is 10.9 Å². The van der Waals surface area contributed by atoms with Gasteiger partial charge in [-0.05, 0) is 31.0 Å². The predicted molar refractivity (Wildman–Crippen MR) is 53.7 cm³/mol. The zero-order valence-corrected chi connectivity index (χ0v) is 7.89. The first-order valence-electron chi connectivity index (χ1n) is 4.41. The summed E-state index contributed by atoms with van der Waals surface area (Å²) in [7, 11) is 0. The van der Waals surface area contributed by atoms with Crippen LogP contribution in [0.5, 0.6) is 0 Å². The van der Waals surface area contributed by atoms with E-state index in [-0.39, 0.29) is 6.61 Å². The van der Waals surface area contributed by atoms with Crippen molar-refractivity contribution in [2.24, 2.45) is 0 Å². The number of aliphatic hydroxyl groups is 1. The zero-order valence-electron chi connectivity index (χ0n) is 7.89. The minimum atomic E-state index is 0.0829. The summed E-state index contributed by atoms with van der Waals surface area (Å²) in [4.78, 5) is 3.20. The Kier molecular flexibility index (Phi) is 1.85. The summed E-state index contributed by atoms with van der Waals surface area (Å²) in [5, 5.41) is 10.3. The highest BCUT2D eigenvalue weighted by Gasteiger charge is 2.05. The largest absolute Gasteiger partial charge is 0.390 e. The summed E-state index contributed by atoms with van der Waals surface area (Å²) in [5.41, 5.74) is 4.41. The first kappa shape index (κ1) is 8.32. The standard InChI is InChI=1S/C11H13NO/c1-7-3-4-9-8(2)11(6-13)12-10(9)5-7/h3-5,12-13H,6H2,1-2H3. The lowest BCUT2D eigenvalue weighted by molar-refractivity contribution is 0.277. The fourth-order valence-corrected chi connectivity index (χ4v) is 1.67. The normalized spacial score (nSPS) is 11.0. The molecule has 0 aliphatic heterocycles. The van der Waals surface area contributed by atoms with Gasteiger partial charge < -0.3 is 10.1 Å². The smallest absolute Gasteiger partial charge is 0.0833 e. The minimum absolute atomic E-state index is 0.0829. The Bertz CT molecular complexity index is 443. The molecule has 1 aromatic heterocycles. The second-order valence-electron chi connectivity index (χ2n) is 3.44. The zero-order chi connectivity index (χ0) is 9.42. The quantitative estimate of drug-likeness (QED) is 0.685. The van der Waals surface area contributed by atoms with Crippen molar-refractivity contribution in [3.05, 3.63) is 35.0 Å². The Morgan fingerprint density at radius 1 is 1.31 bits per heavy atom. The molecule has 68 valence electrons. The fourth-order valence-electron chi connectivity index (χ4n) is 1.67. The fraction of sp³-hybridized carbons (Fsp3) is 0.273. The van der Waals surface area contributed by atoms with Crippen molar-refractivity contribution >= 4 is 10.9 Å². The number of aromatic amines is 1. The van der Waals surface area contributed by atoms with E-state index in [0.29, 0.717) is 0 Å². The van der Waals surface area contributed by atoms with E-state index in [2.05, 4.69) is 30.1 Å². The van der Waals surface area contributed by atoms with Gasteiger partial charge in [-0.15, -0.1) is 0 Å². The van der Waals surface area contributed by atoms with Crippen LogP contribution in [-0.2, 0) is 6.61 Å². The first-order valence-corrected chi connectivity index (χ1v) is 4.41. The molecule has 0 radical (unpaired) electrons. The molecule has 0 fully saturated rings. The summed E-state index contributed by atoms with van der Waals surface area (Å²) >= 11 is 0. The van der Waals surface area contributed by atoms with Gasteiger partial charge in [-0.3, -0.25) is 0 Å². The Morgan fingerprint density at radius 3 is 2.77 bits per heavy atom. The number of hydrogen-bond acceptors (Lipinski definition) is 1. The highest BCUT2D eigenvalue weighted by molar-refractivity contribution is 5.84. The van der Waals surface area contributed by atoms with E-state index >= 15 is 0 Å². The topological polar surface area (TPSA) is 36.0 Å². The second-order valence-corrected chi connectivity index (χ2v) is 3.44. The van der Waals surface area contributed by atoms with Gasteiger partial charge in [0.15, 0.2) is 0 Å². The molecule has 0 saturated heterocycles. The summed E-state index contributed by atoms with van der Waals surface area (Å²) in [5.74, 6) is 0. The summed E-state index contributed by atoms with van der Waals surface area (Å²) in [6.45, 7) is 4.17. The Hall–Kier alpha value is -1.28. The van der Waals surface area contributed by atoms with Crippen LogP contribution in [-0.4, -0.2) is 10.1 Å². The van der Waals surface area contributed by atoms with E-state index in [1.807, 2.05) is 6.92 Å². The molecular weight excluding hydrogens is 162 g/mol. The molecule has 2 N–H and O–H groups in total. The van der Waals surface area contributed by atoms with Crippen LogP contribution < -0.4 is 0 Å². The van der Waals surface area contributed by atoms with Gasteiger partial charge in [-0.25, -0.2) is 0 Å². The minimum Gasteiger partial charge on any atom is -0.390 e. The molecule has 2 heteroatoms. The van der Waals surface area contributed by atoms with Crippen LogP contribution in [0, 0.1) is 13.8 Å². The summed E-state index contributed by atoms with van der Waals surface area (Å²) in [6.07, 6.45) is 0. The lowest BCUT2D eigenvalue weighted by Gasteiger charge is -1.93. The highest BCUT2D eigenvalue weighted by Crippen LogP contribution is 2.22. The lowest BCUT2D eigenvalue weighted by Crippen LogP contribution is -1.83. The average Bonchev–Trinajstić information content (AvgIpc) is 2.42. The molecule has 0 bridgehead atoms. The van der Waals surface area contributed by atoms with Crippen LogP contribution in [0.25, 0.3) is 10.9 Å². The number of benzene rings is 1. The second kappa shape index (κ2) is 2.89. The maximum atomic E-state index is 9.06. The molecule has 0 saturated carbocycles. The molecular formula is C11H13NO. The van der Waals surface area contributed by atoms with Crippen LogP contribution in [0.1, 0.15) is 16.8 Å². The van der Waals surface area contributed by atoms with Crippen molar-refractivity contribution in [3.63, 3.8) is 0 Å². The molecule has 2 nitrogen and oxygen atoms in total. The Balaban J connectivity index is 2.76. The van der Waals surface area contributed by atoms with Crippen molar-refractivity contribution in [2.45, 2.75) is 20.5 Å². The molecule has 2 aromatic rings. The van der Waals surface area contributed by atoms with E-state index in [9.17, 15) is 0 Å². The number of hydrogen-bond donors (Lipinski definition) is 2. The van der Waals surface area contributed by atoms with Crippen molar-refractivity contribution in [2.75, 3.05) is 0 Å². The van der Waals surface area contributed by atoms with Gasteiger partial charge >= 0.3 is 0 Å². The first-order chi connectivity index (χ1) is 6.22. The summed E-state index contributed by atoms with van der Waals surface area (Å²) in [6, 6.07) is 6.28. The maximum Gasteiger partial charge on any atom is 0.0833 e. The number of nitrogens with one attached hydrogen (secondary N) is 1. The molecule has 1 aromatic carbocycles. The number of H-pyrrole nitrogens is 1. The van der Waals surface area contributed by atoms with E-state index < -0.39 is 0 Å². The van der Waals surface area contributed by atoms with Gasteiger partial charge in [0.2, 0.25) is 0 Å². The van der Waals surface area contributed by atoms with Gasteiger partial charge in [-0.1, -0.05) is 12.1 Å². The average molecular weight is 175 g/mol. The third kappa shape index (κ3) is 1.23. The molecule has 0 spiro atoms. The van der Waals surface area contributed by atoms with Gasteiger partial charge in [0.25, 0.3) is 0 Å². The van der Waals surface area contributed by atoms with Gasteiger partial charge in [-0.2, -0.15) is 0 Å². The third-order valence-electron chi connectivity index (χ3n) is 2.48.